The van der Waals surface area contributed by atoms with E-state index in [0.29, 0.717) is 11.5 Å². The molecule has 114 valence electrons. The maximum atomic E-state index is 10.3. The third kappa shape index (κ3) is 4.46. The van der Waals surface area contributed by atoms with Crippen LogP contribution in [-0.4, -0.2) is 35.7 Å². The maximum absolute atomic E-state index is 10.3. The van der Waals surface area contributed by atoms with Crippen molar-refractivity contribution in [2.24, 2.45) is 17.3 Å². The Morgan fingerprint density at radius 3 is 2.42 bits per heavy atom. The van der Waals surface area contributed by atoms with E-state index in [9.17, 15) is 5.11 Å². The molecule has 0 aromatic heterocycles. The highest BCUT2D eigenvalue weighted by Gasteiger charge is 2.38. The molecule has 0 radical (unpaired) electrons. The molecule has 0 spiro atoms. The van der Waals surface area contributed by atoms with Crippen LogP contribution in [0.25, 0.3) is 0 Å². The Kier molecular flexibility index (Phi) is 6.32. The van der Waals surface area contributed by atoms with Crippen molar-refractivity contribution in [3.05, 3.63) is 0 Å². The van der Waals surface area contributed by atoms with Crippen LogP contribution in [0.2, 0.25) is 0 Å². The third-order valence-electron chi connectivity index (χ3n) is 5.66. The zero-order valence-electron chi connectivity index (χ0n) is 13.9. The first-order chi connectivity index (χ1) is 8.81. The highest BCUT2D eigenvalue weighted by atomic mass is 16.3. The highest BCUT2D eigenvalue weighted by molar-refractivity contribution is 4.91. The fourth-order valence-corrected chi connectivity index (χ4v) is 3.36. The first-order valence-corrected chi connectivity index (χ1v) is 8.20. The van der Waals surface area contributed by atoms with Gasteiger partial charge >= 0.3 is 0 Å². The van der Waals surface area contributed by atoms with E-state index in [2.05, 4.69) is 46.6 Å². The standard InChI is InChI=1S/C17H35NO/c1-7-13(3)12-18(6)15-11-14(9-10-16(15)19)17(4,5)8-2/h13-16,19H,7-12H2,1-6H3. The average Bonchev–Trinajstić information content (AvgIpc) is 2.38. The van der Waals surface area contributed by atoms with Crippen LogP contribution in [0.4, 0.5) is 0 Å². The second kappa shape index (κ2) is 7.08. The molecule has 0 aromatic rings. The molecule has 0 amide bonds. The summed E-state index contributed by atoms with van der Waals surface area (Å²) in [5.41, 5.74) is 0.412. The van der Waals surface area contributed by atoms with Crippen molar-refractivity contribution in [1.82, 2.24) is 4.90 Å². The molecule has 4 atom stereocenters. The van der Waals surface area contributed by atoms with E-state index in [-0.39, 0.29) is 6.10 Å². The van der Waals surface area contributed by atoms with E-state index < -0.39 is 0 Å². The SMILES string of the molecule is CCC(C)CN(C)C1CC(C(C)(C)CC)CCC1O. The van der Waals surface area contributed by atoms with Crippen LogP contribution in [0, 0.1) is 17.3 Å². The maximum Gasteiger partial charge on any atom is 0.0695 e. The summed E-state index contributed by atoms with van der Waals surface area (Å²) in [5.74, 6) is 1.47. The topological polar surface area (TPSA) is 23.5 Å². The Hall–Kier alpha value is -0.0800. The van der Waals surface area contributed by atoms with Gasteiger partial charge in [-0.15, -0.1) is 0 Å². The molecule has 0 aliphatic heterocycles. The smallest absolute Gasteiger partial charge is 0.0695 e. The van der Waals surface area contributed by atoms with Gasteiger partial charge in [0.2, 0.25) is 0 Å². The normalized spacial score (nSPS) is 30.6. The molecule has 1 aliphatic carbocycles. The molecule has 0 saturated heterocycles. The molecule has 1 aliphatic rings. The molecule has 2 heteroatoms. The molecule has 1 fully saturated rings. The van der Waals surface area contributed by atoms with Crippen LogP contribution in [0.3, 0.4) is 0 Å². The lowest BCUT2D eigenvalue weighted by Gasteiger charge is -2.45. The number of rotatable bonds is 6. The van der Waals surface area contributed by atoms with Gasteiger partial charge in [0.15, 0.2) is 0 Å². The highest BCUT2D eigenvalue weighted by Crippen LogP contribution is 2.41. The van der Waals surface area contributed by atoms with Crippen LogP contribution < -0.4 is 0 Å². The fourth-order valence-electron chi connectivity index (χ4n) is 3.36. The summed E-state index contributed by atoms with van der Waals surface area (Å²) in [7, 11) is 2.20. The van der Waals surface area contributed by atoms with Gasteiger partial charge in [-0.3, -0.25) is 0 Å². The van der Waals surface area contributed by atoms with Crippen molar-refractivity contribution in [1.29, 1.82) is 0 Å². The molecule has 0 aromatic carbocycles. The lowest BCUT2D eigenvalue weighted by Crippen LogP contribution is -2.48. The molecular formula is C17H35NO. The summed E-state index contributed by atoms with van der Waals surface area (Å²) in [6.07, 6.45) is 5.65. The Morgan fingerprint density at radius 2 is 1.89 bits per heavy atom. The van der Waals surface area contributed by atoms with Crippen LogP contribution in [-0.2, 0) is 0 Å². The third-order valence-corrected chi connectivity index (χ3v) is 5.66. The number of hydrogen-bond donors (Lipinski definition) is 1. The van der Waals surface area contributed by atoms with Gasteiger partial charge in [-0.2, -0.15) is 0 Å². The van der Waals surface area contributed by atoms with Crippen molar-refractivity contribution in [3.8, 4) is 0 Å². The van der Waals surface area contributed by atoms with Gasteiger partial charge in [0.05, 0.1) is 6.10 Å². The van der Waals surface area contributed by atoms with Gasteiger partial charge in [0.1, 0.15) is 0 Å². The number of hydrogen-bond acceptors (Lipinski definition) is 2. The summed E-state index contributed by atoms with van der Waals surface area (Å²) in [5, 5.41) is 10.3. The Labute approximate surface area is 120 Å². The number of aliphatic hydroxyl groups is 1. The summed E-state index contributed by atoms with van der Waals surface area (Å²) in [6, 6.07) is 0.360. The summed E-state index contributed by atoms with van der Waals surface area (Å²) < 4.78 is 0. The second-order valence-electron chi connectivity index (χ2n) is 7.44. The Balaban J connectivity index is 2.65. The Morgan fingerprint density at radius 1 is 1.26 bits per heavy atom. The van der Waals surface area contributed by atoms with Crippen molar-refractivity contribution < 1.29 is 5.11 Å². The molecule has 2 nitrogen and oxygen atoms in total. The molecule has 1 rings (SSSR count). The van der Waals surface area contributed by atoms with E-state index in [1.807, 2.05) is 0 Å². The quantitative estimate of drug-likeness (QED) is 0.790. The number of likely N-dealkylation sites (N-methyl/N-ethyl adjacent to an activating group) is 1. The molecule has 1 N–H and O–H groups in total. The zero-order valence-corrected chi connectivity index (χ0v) is 13.9. The van der Waals surface area contributed by atoms with Crippen LogP contribution in [0.15, 0.2) is 0 Å². The van der Waals surface area contributed by atoms with Crippen molar-refractivity contribution in [3.63, 3.8) is 0 Å². The summed E-state index contributed by atoms with van der Waals surface area (Å²) in [6.45, 7) is 12.7. The van der Waals surface area contributed by atoms with Gasteiger partial charge < -0.3 is 10.0 Å². The molecule has 0 bridgehead atoms. The first-order valence-electron chi connectivity index (χ1n) is 8.20. The summed E-state index contributed by atoms with van der Waals surface area (Å²) in [4.78, 5) is 2.41. The van der Waals surface area contributed by atoms with Crippen molar-refractivity contribution in [2.45, 2.75) is 78.9 Å². The van der Waals surface area contributed by atoms with Gasteiger partial charge in [-0.1, -0.05) is 47.5 Å². The number of nitrogens with zero attached hydrogens (tertiary/aromatic N) is 1. The monoisotopic (exact) mass is 269 g/mol. The minimum absolute atomic E-state index is 0.127. The van der Waals surface area contributed by atoms with Crippen LogP contribution in [0.1, 0.15) is 66.7 Å². The van der Waals surface area contributed by atoms with E-state index in [1.165, 1.54) is 19.3 Å². The van der Waals surface area contributed by atoms with Gasteiger partial charge in [-0.25, -0.2) is 0 Å². The van der Waals surface area contributed by atoms with Gasteiger partial charge in [0.25, 0.3) is 0 Å². The van der Waals surface area contributed by atoms with Crippen LogP contribution >= 0.6 is 0 Å². The lowest BCUT2D eigenvalue weighted by atomic mass is 9.67. The first kappa shape index (κ1) is 17.0. The van der Waals surface area contributed by atoms with E-state index >= 15 is 0 Å². The van der Waals surface area contributed by atoms with E-state index in [0.717, 1.165) is 31.2 Å². The van der Waals surface area contributed by atoms with Gasteiger partial charge in [-0.05, 0) is 43.6 Å². The van der Waals surface area contributed by atoms with E-state index in [1.54, 1.807) is 0 Å². The minimum atomic E-state index is -0.127. The second-order valence-corrected chi connectivity index (χ2v) is 7.44. The van der Waals surface area contributed by atoms with Crippen LogP contribution in [0.5, 0.6) is 0 Å². The minimum Gasteiger partial charge on any atom is -0.391 e. The molecule has 19 heavy (non-hydrogen) atoms. The summed E-state index contributed by atoms with van der Waals surface area (Å²) >= 11 is 0. The largest absolute Gasteiger partial charge is 0.391 e. The predicted molar refractivity (Wildman–Crippen MR) is 83.3 cm³/mol. The molecule has 0 heterocycles. The van der Waals surface area contributed by atoms with Crippen molar-refractivity contribution in [2.75, 3.05) is 13.6 Å². The fraction of sp³-hybridized carbons (Fsp3) is 1.00. The molecule has 1 saturated carbocycles. The van der Waals surface area contributed by atoms with Gasteiger partial charge in [0, 0.05) is 12.6 Å². The Bertz CT molecular complexity index is 264. The van der Waals surface area contributed by atoms with Crippen molar-refractivity contribution >= 4 is 0 Å². The van der Waals surface area contributed by atoms with E-state index in [4.69, 9.17) is 0 Å². The molecular weight excluding hydrogens is 234 g/mol. The number of aliphatic hydroxyl groups excluding tert-OH is 1. The average molecular weight is 269 g/mol. The molecule has 4 unspecified atom stereocenters. The lowest BCUT2D eigenvalue weighted by molar-refractivity contribution is -0.0156. The zero-order chi connectivity index (χ0) is 14.6. The predicted octanol–water partition coefficient (Wildman–Crippen LogP) is 3.93.